The van der Waals surface area contributed by atoms with Gasteiger partial charge in [0, 0.05) is 35.1 Å². The third-order valence-corrected chi connectivity index (χ3v) is 5.17. The Labute approximate surface area is 170 Å². The van der Waals surface area contributed by atoms with Crippen molar-refractivity contribution >= 4 is 29.4 Å². The number of hydrogen-bond donors (Lipinski definition) is 1. The summed E-state index contributed by atoms with van der Waals surface area (Å²) in [6.07, 6.45) is 3.52. The Bertz CT molecular complexity index is 951. The standard InChI is InChI=1S/C22H24ClN3O2/c1-15-13-16(23)9-10-19(15)28-14-21(27)25-24-12-11-20-22(2,3)17-7-5-6-8-18(17)26(20)4/h5-13H,14H2,1-4H3,(H,25,27)/b20-11-,24-12-. The molecular formula is C22H24ClN3O2. The van der Waals surface area contributed by atoms with Crippen molar-refractivity contribution in [3.05, 3.63) is 70.4 Å². The van der Waals surface area contributed by atoms with Crippen LogP contribution in [0.3, 0.4) is 0 Å². The highest BCUT2D eigenvalue weighted by Gasteiger charge is 2.37. The number of halogens is 1. The average molecular weight is 398 g/mol. The minimum atomic E-state index is -0.327. The highest BCUT2D eigenvalue weighted by atomic mass is 35.5. The van der Waals surface area contributed by atoms with Crippen LogP contribution in [0.15, 0.2) is 59.3 Å². The Hall–Kier alpha value is -2.79. The number of rotatable bonds is 5. The molecule has 0 fully saturated rings. The van der Waals surface area contributed by atoms with Crippen LogP contribution >= 0.6 is 11.6 Å². The predicted octanol–water partition coefficient (Wildman–Crippen LogP) is 4.44. The summed E-state index contributed by atoms with van der Waals surface area (Å²) >= 11 is 5.92. The van der Waals surface area contributed by atoms with Gasteiger partial charge >= 0.3 is 0 Å². The zero-order chi connectivity index (χ0) is 20.3. The van der Waals surface area contributed by atoms with E-state index in [1.165, 1.54) is 11.3 Å². The van der Waals surface area contributed by atoms with Gasteiger partial charge in [-0.2, -0.15) is 5.10 Å². The van der Waals surface area contributed by atoms with E-state index in [-0.39, 0.29) is 17.9 Å². The Kier molecular flexibility index (Phi) is 5.75. The monoisotopic (exact) mass is 397 g/mol. The Morgan fingerprint density at radius 1 is 1.29 bits per heavy atom. The second-order valence-corrected chi connectivity index (χ2v) is 7.70. The van der Waals surface area contributed by atoms with Gasteiger partial charge in [0.25, 0.3) is 5.91 Å². The van der Waals surface area contributed by atoms with E-state index in [1.807, 2.05) is 32.2 Å². The fourth-order valence-corrected chi connectivity index (χ4v) is 3.70. The number of aryl methyl sites for hydroxylation is 1. The fraction of sp³-hybridized carbons (Fsp3) is 0.273. The topological polar surface area (TPSA) is 53.9 Å². The molecule has 2 aromatic carbocycles. The van der Waals surface area contributed by atoms with Crippen molar-refractivity contribution in [3.63, 3.8) is 0 Å². The van der Waals surface area contributed by atoms with Crippen molar-refractivity contribution in [2.24, 2.45) is 5.10 Å². The molecule has 0 unspecified atom stereocenters. The van der Waals surface area contributed by atoms with Crippen LogP contribution in [0, 0.1) is 6.92 Å². The van der Waals surface area contributed by atoms with Gasteiger partial charge < -0.3 is 9.64 Å². The molecule has 1 N–H and O–H groups in total. The average Bonchev–Trinajstić information content (AvgIpc) is 2.85. The minimum absolute atomic E-state index is 0.118. The third kappa shape index (κ3) is 4.04. The molecule has 1 aliphatic heterocycles. The number of nitrogens with one attached hydrogen (secondary N) is 1. The number of benzene rings is 2. The Morgan fingerprint density at radius 3 is 2.75 bits per heavy atom. The highest BCUT2D eigenvalue weighted by molar-refractivity contribution is 6.30. The van der Waals surface area contributed by atoms with E-state index >= 15 is 0 Å². The number of fused-ring (bicyclic) bond motifs is 1. The molecule has 0 radical (unpaired) electrons. The summed E-state index contributed by atoms with van der Waals surface area (Å²) in [7, 11) is 2.04. The van der Waals surface area contributed by atoms with Crippen LogP contribution in [0.1, 0.15) is 25.0 Å². The summed E-state index contributed by atoms with van der Waals surface area (Å²) in [5.74, 6) is 0.295. The van der Waals surface area contributed by atoms with Gasteiger partial charge in [0.2, 0.25) is 0 Å². The number of amides is 1. The van der Waals surface area contributed by atoms with Gasteiger partial charge in [0.15, 0.2) is 6.61 Å². The molecule has 1 heterocycles. The minimum Gasteiger partial charge on any atom is -0.483 e. The second-order valence-electron chi connectivity index (χ2n) is 7.26. The van der Waals surface area contributed by atoms with Gasteiger partial charge in [-0.05, 0) is 48.4 Å². The number of allylic oxidation sites excluding steroid dienone is 2. The number of nitrogens with zero attached hydrogens (tertiary/aromatic N) is 2. The first-order chi connectivity index (χ1) is 13.3. The fourth-order valence-electron chi connectivity index (χ4n) is 3.47. The lowest BCUT2D eigenvalue weighted by Crippen LogP contribution is -2.25. The molecule has 0 aliphatic carbocycles. The zero-order valence-corrected chi connectivity index (χ0v) is 17.2. The number of carbonyl (C=O) groups excluding carboxylic acids is 1. The van der Waals surface area contributed by atoms with E-state index in [1.54, 1.807) is 24.4 Å². The number of para-hydroxylation sites is 1. The molecule has 146 valence electrons. The number of carbonyl (C=O) groups is 1. The molecule has 5 nitrogen and oxygen atoms in total. The van der Waals surface area contributed by atoms with E-state index < -0.39 is 0 Å². The molecule has 0 atom stereocenters. The van der Waals surface area contributed by atoms with Crippen LogP contribution in [0.25, 0.3) is 0 Å². The lowest BCUT2D eigenvalue weighted by molar-refractivity contribution is -0.123. The van der Waals surface area contributed by atoms with Crippen molar-refractivity contribution in [2.45, 2.75) is 26.2 Å². The maximum absolute atomic E-state index is 12.0. The maximum Gasteiger partial charge on any atom is 0.277 e. The molecule has 0 saturated heterocycles. The predicted molar refractivity (Wildman–Crippen MR) is 114 cm³/mol. The quantitative estimate of drug-likeness (QED) is 0.599. The van der Waals surface area contributed by atoms with Crippen LogP contribution in [-0.4, -0.2) is 25.8 Å². The molecule has 1 aliphatic rings. The molecule has 0 spiro atoms. The number of ether oxygens (including phenoxy) is 1. The molecule has 28 heavy (non-hydrogen) atoms. The molecule has 2 aromatic rings. The van der Waals surface area contributed by atoms with E-state index in [0.717, 1.165) is 11.3 Å². The molecular weight excluding hydrogens is 374 g/mol. The second kappa shape index (κ2) is 8.07. The smallest absolute Gasteiger partial charge is 0.277 e. The molecule has 1 amide bonds. The SMILES string of the molecule is Cc1cc(Cl)ccc1OCC(=O)N/N=C\C=C1/N(C)c2ccccc2C1(C)C. The normalized spacial score (nSPS) is 16.5. The summed E-state index contributed by atoms with van der Waals surface area (Å²) < 4.78 is 5.51. The van der Waals surface area contributed by atoms with Gasteiger partial charge in [0.05, 0.1) is 0 Å². The first-order valence-corrected chi connectivity index (χ1v) is 9.43. The molecule has 0 bridgehead atoms. The highest BCUT2D eigenvalue weighted by Crippen LogP contribution is 2.46. The van der Waals surface area contributed by atoms with E-state index in [0.29, 0.717) is 10.8 Å². The van der Waals surface area contributed by atoms with Crippen molar-refractivity contribution in [1.82, 2.24) is 5.43 Å². The first-order valence-electron chi connectivity index (χ1n) is 9.05. The van der Waals surface area contributed by atoms with Crippen molar-refractivity contribution < 1.29 is 9.53 Å². The molecule has 0 aromatic heterocycles. The maximum atomic E-state index is 12.0. The van der Waals surface area contributed by atoms with E-state index in [2.05, 4.69) is 41.4 Å². The number of hydrogen-bond acceptors (Lipinski definition) is 4. The number of likely N-dealkylation sites (N-methyl/N-ethyl adjacent to an activating group) is 1. The summed E-state index contributed by atoms with van der Waals surface area (Å²) in [4.78, 5) is 14.1. The molecule has 0 saturated carbocycles. The van der Waals surface area contributed by atoms with Crippen LogP contribution in [0.4, 0.5) is 5.69 Å². The van der Waals surface area contributed by atoms with Crippen molar-refractivity contribution in [2.75, 3.05) is 18.6 Å². The van der Waals surface area contributed by atoms with Crippen LogP contribution in [0.2, 0.25) is 5.02 Å². The number of hydrazone groups is 1. The van der Waals surface area contributed by atoms with Crippen molar-refractivity contribution in [3.8, 4) is 5.75 Å². The summed E-state index contributed by atoms with van der Waals surface area (Å²) in [6.45, 7) is 6.11. The van der Waals surface area contributed by atoms with Crippen molar-refractivity contribution in [1.29, 1.82) is 0 Å². The molecule has 3 rings (SSSR count). The summed E-state index contributed by atoms with van der Waals surface area (Å²) in [5, 5.41) is 4.65. The van der Waals surface area contributed by atoms with Gasteiger partial charge in [0.1, 0.15) is 5.75 Å². The Balaban J connectivity index is 1.58. The summed E-state index contributed by atoms with van der Waals surface area (Å²) in [6, 6.07) is 13.6. The van der Waals surface area contributed by atoms with Crippen LogP contribution in [-0.2, 0) is 10.2 Å². The lowest BCUT2D eigenvalue weighted by Gasteiger charge is -2.23. The van der Waals surface area contributed by atoms with Gasteiger partial charge in [-0.3, -0.25) is 4.79 Å². The summed E-state index contributed by atoms with van der Waals surface area (Å²) in [5.41, 5.74) is 6.80. The first kappa shape index (κ1) is 20.0. The van der Waals surface area contributed by atoms with Crippen LogP contribution < -0.4 is 15.1 Å². The van der Waals surface area contributed by atoms with Gasteiger partial charge in [-0.1, -0.05) is 43.6 Å². The largest absolute Gasteiger partial charge is 0.483 e. The van der Waals surface area contributed by atoms with E-state index in [4.69, 9.17) is 16.3 Å². The van der Waals surface area contributed by atoms with Crippen LogP contribution in [0.5, 0.6) is 5.75 Å². The molecule has 6 heteroatoms. The van der Waals surface area contributed by atoms with E-state index in [9.17, 15) is 4.79 Å². The third-order valence-electron chi connectivity index (χ3n) is 4.93. The lowest BCUT2D eigenvalue weighted by atomic mass is 9.84. The van der Waals surface area contributed by atoms with Gasteiger partial charge in [-0.25, -0.2) is 5.43 Å². The zero-order valence-electron chi connectivity index (χ0n) is 16.5. The van der Waals surface area contributed by atoms with Gasteiger partial charge in [-0.15, -0.1) is 0 Å². The number of anilines is 1. The Morgan fingerprint density at radius 2 is 2.04 bits per heavy atom.